The summed E-state index contributed by atoms with van der Waals surface area (Å²) in [6.07, 6.45) is 4.23. The fourth-order valence-electron chi connectivity index (χ4n) is 4.87. The monoisotopic (exact) mass is 606 g/mol. The van der Waals surface area contributed by atoms with Crippen molar-refractivity contribution in [1.82, 2.24) is 9.97 Å². The van der Waals surface area contributed by atoms with Crippen LogP contribution >= 0.6 is 11.3 Å². The van der Waals surface area contributed by atoms with Gasteiger partial charge in [-0.2, -0.15) is 0 Å². The van der Waals surface area contributed by atoms with Crippen molar-refractivity contribution in [3.05, 3.63) is 78.1 Å². The fourth-order valence-corrected chi connectivity index (χ4v) is 7.15. The molecule has 1 N–H and O–H groups in total. The molecule has 2 aliphatic rings. The van der Waals surface area contributed by atoms with Crippen molar-refractivity contribution in [3.63, 3.8) is 0 Å². The third kappa shape index (κ3) is 5.27. The van der Waals surface area contributed by atoms with Crippen molar-refractivity contribution in [2.75, 3.05) is 35.9 Å². The molecule has 0 bridgehead atoms. The Labute approximate surface area is 236 Å². The van der Waals surface area contributed by atoms with Gasteiger partial charge in [-0.3, -0.25) is 9.71 Å². The molecule has 0 amide bonds. The van der Waals surface area contributed by atoms with Crippen molar-refractivity contribution in [1.29, 1.82) is 0 Å². The highest BCUT2D eigenvalue weighted by Gasteiger charge is 2.40. The van der Waals surface area contributed by atoms with Crippen molar-refractivity contribution in [3.8, 4) is 21.7 Å². The second kappa shape index (κ2) is 10.7. The minimum atomic E-state index is -4.77. The maximum absolute atomic E-state index is 16.0. The number of hydrogen-bond donors (Lipinski definition) is 1. The van der Waals surface area contributed by atoms with Gasteiger partial charge in [0, 0.05) is 38.3 Å². The van der Waals surface area contributed by atoms with E-state index in [1.54, 1.807) is 12.1 Å². The molecule has 0 radical (unpaired) electrons. The molecule has 0 aliphatic carbocycles. The largest absolute Gasteiger partial charge is 0.348 e. The lowest BCUT2D eigenvalue weighted by Crippen LogP contribution is -2.45. The lowest BCUT2D eigenvalue weighted by atomic mass is 10.0. The molecular formula is C27H22F4N4O4S2. The minimum absolute atomic E-state index is 0.0437. The van der Waals surface area contributed by atoms with Crippen LogP contribution in [0.3, 0.4) is 0 Å². The van der Waals surface area contributed by atoms with E-state index >= 15 is 8.78 Å². The van der Waals surface area contributed by atoms with Crippen molar-refractivity contribution < 1.29 is 35.5 Å². The van der Waals surface area contributed by atoms with Gasteiger partial charge in [-0.25, -0.2) is 31.0 Å². The van der Waals surface area contributed by atoms with Gasteiger partial charge in [-0.05, 0) is 48.0 Å². The number of hydrogen-bond acceptors (Lipinski definition) is 8. The number of nitrogens with zero attached hydrogens (tertiary/aromatic N) is 3. The van der Waals surface area contributed by atoms with Gasteiger partial charge in [-0.15, -0.1) is 0 Å². The minimum Gasteiger partial charge on any atom is -0.348 e. The van der Waals surface area contributed by atoms with Crippen LogP contribution in [0, 0.1) is 23.3 Å². The molecule has 2 aromatic carbocycles. The molecule has 4 aromatic rings. The Morgan fingerprint density at radius 2 is 1.61 bits per heavy atom. The van der Waals surface area contributed by atoms with E-state index in [4.69, 9.17) is 9.47 Å². The van der Waals surface area contributed by atoms with Crippen molar-refractivity contribution in [2.24, 2.45) is 0 Å². The molecule has 41 heavy (non-hydrogen) atoms. The fraction of sp³-hybridized carbons (Fsp3) is 0.259. The number of pyridine rings is 1. The van der Waals surface area contributed by atoms with Gasteiger partial charge >= 0.3 is 0 Å². The molecule has 6 rings (SSSR count). The number of sulfonamides is 1. The Balaban J connectivity index is 1.40. The number of ether oxygens (including phenoxy) is 2. The standard InChI is InChI=1S/C27H22F4N4O4S2/c28-17-1-2-18(29)21(15-17)41(36,37)34-20-4-3-19(30)22(23(20)31)24-25(16-5-9-32-10-6-16)40-26(33-24)35-11-7-27(8-12-35)38-13-14-39-27/h1-6,9-10,15,34H,7-8,11-14H2. The first kappa shape index (κ1) is 27.6. The van der Waals surface area contributed by atoms with Gasteiger partial charge < -0.3 is 14.4 Å². The summed E-state index contributed by atoms with van der Waals surface area (Å²) in [5, 5.41) is 0.506. The maximum atomic E-state index is 16.0. The van der Waals surface area contributed by atoms with Gasteiger partial charge in [0.15, 0.2) is 16.7 Å². The summed E-state index contributed by atoms with van der Waals surface area (Å²) in [7, 11) is -4.77. The van der Waals surface area contributed by atoms with Crippen LogP contribution in [0.2, 0.25) is 0 Å². The first-order chi connectivity index (χ1) is 19.7. The zero-order valence-electron chi connectivity index (χ0n) is 21.2. The Morgan fingerprint density at radius 3 is 2.32 bits per heavy atom. The summed E-state index contributed by atoms with van der Waals surface area (Å²) < 4.78 is 98.3. The molecule has 0 unspecified atom stereocenters. The summed E-state index contributed by atoms with van der Waals surface area (Å²) in [6.45, 7) is 2.12. The topological polar surface area (TPSA) is 93.7 Å². The predicted molar refractivity (Wildman–Crippen MR) is 144 cm³/mol. The molecule has 0 saturated carbocycles. The van der Waals surface area contributed by atoms with Crippen LogP contribution in [-0.2, 0) is 19.5 Å². The molecule has 2 aromatic heterocycles. The third-order valence-electron chi connectivity index (χ3n) is 6.92. The number of rotatable bonds is 6. The van der Waals surface area contributed by atoms with E-state index in [0.29, 0.717) is 66.8 Å². The number of piperidine rings is 1. The first-order valence-electron chi connectivity index (χ1n) is 12.6. The van der Waals surface area contributed by atoms with E-state index in [9.17, 15) is 17.2 Å². The second-order valence-corrected chi connectivity index (χ2v) is 12.1. The smallest absolute Gasteiger partial charge is 0.265 e. The van der Waals surface area contributed by atoms with Crippen LogP contribution in [-0.4, -0.2) is 50.5 Å². The van der Waals surface area contributed by atoms with Crippen LogP contribution in [0.5, 0.6) is 0 Å². The Hall–Kier alpha value is -3.59. The summed E-state index contributed by atoms with van der Waals surface area (Å²) in [4.78, 5) is 10.0. The zero-order valence-corrected chi connectivity index (χ0v) is 22.9. The van der Waals surface area contributed by atoms with Crippen molar-refractivity contribution >= 4 is 32.2 Å². The maximum Gasteiger partial charge on any atom is 0.265 e. The van der Waals surface area contributed by atoms with Crippen molar-refractivity contribution in [2.45, 2.75) is 23.5 Å². The van der Waals surface area contributed by atoms with E-state index in [-0.39, 0.29) is 5.69 Å². The van der Waals surface area contributed by atoms with Gasteiger partial charge in [0.1, 0.15) is 22.3 Å². The molecule has 2 fully saturated rings. The van der Waals surface area contributed by atoms with Crippen LogP contribution in [0.4, 0.5) is 28.4 Å². The highest BCUT2D eigenvalue weighted by molar-refractivity contribution is 7.92. The van der Waals surface area contributed by atoms with Crippen LogP contribution in [0.15, 0.2) is 59.8 Å². The number of benzene rings is 2. The van der Waals surface area contributed by atoms with E-state index < -0.39 is 55.2 Å². The quantitative estimate of drug-likeness (QED) is 0.287. The average molecular weight is 607 g/mol. The molecule has 2 aliphatic heterocycles. The number of halogens is 4. The second-order valence-electron chi connectivity index (χ2n) is 9.47. The summed E-state index contributed by atoms with van der Waals surface area (Å²) in [5.41, 5.74) is -0.676. The Morgan fingerprint density at radius 1 is 0.927 bits per heavy atom. The van der Waals surface area contributed by atoms with Crippen LogP contribution < -0.4 is 9.62 Å². The molecular weight excluding hydrogens is 584 g/mol. The van der Waals surface area contributed by atoms with Gasteiger partial charge in [0.05, 0.1) is 35.0 Å². The van der Waals surface area contributed by atoms with E-state index in [2.05, 4.69) is 9.97 Å². The predicted octanol–water partition coefficient (Wildman–Crippen LogP) is 5.57. The van der Waals surface area contributed by atoms with E-state index in [1.165, 1.54) is 23.7 Å². The average Bonchev–Trinajstić information content (AvgIpc) is 3.60. The first-order valence-corrected chi connectivity index (χ1v) is 14.9. The third-order valence-corrected chi connectivity index (χ3v) is 9.47. The molecule has 214 valence electrons. The van der Waals surface area contributed by atoms with Crippen LogP contribution in [0.1, 0.15) is 12.8 Å². The Kier molecular flexibility index (Phi) is 7.18. The molecule has 14 heteroatoms. The zero-order chi connectivity index (χ0) is 28.8. The van der Waals surface area contributed by atoms with Gasteiger partial charge in [0.25, 0.3) is 10.0 Å². The summed E-state index contributed by atoms with van der Waals surface area (Å²) in [6, 6.07) is 6.95. The molecule has 4 heterocycles. The molecule has 0 atom stereocenters. The molecule has 1 spiro atoms. The number of nitrogens with one attached hydrogen (secondary N) is 1. The molecule has 8 nitrogen and oxygen atoms in total. The summed E-state index contributed by atoms with van der Waals surface area (Å²) >= 11 is 1.22. The SMILES string of the molecule is O=S(=O)(Nc1ccc(F)c(-c2nc(N3CCC4(CC3)OCCO4)sc2-c2ccncc2)c1F)c1cc(F)ccc1F. The number of aromatic nitrogens is 2. The van der Waals surface area contributed by atoms with E-state index in [0.717, 1.165) is 18.2 Å². The highest BCUT2D eigenvalue weighted by atomic mass is 32.2. The highest BCUT2D eigenvalue weighted by Crippen LogP contribution is 2.44. The summed E-state index contributed by atoms with van der Waals surface area (Å²) in [5.74, 6) is -5.11. The Bertz CT molecular complexity index is 1700. The normalized spacial score (nSPS) is 16.8. The van der Waals surface area contributed by atoms with E-state index in [1.807, 2.05) is 9.62 Å². The number of anilines is 2. The van der Waals surface area contributed by atoms with Gasteiger partial charge in [0.2, 0.25) is 0 Å². The molecule has 2 saturated heterocycles. The van der Waals surface area contributed by atoms with Crippen LogP contribution in [0.25, 0.3) is 21.7 Å². The number of thiazole rings is 1. The lowest BCUT2D eigenvalue weighted by molar-refractivity contribution is -0.169. The van der Waals surface area contributed by atoms with Gasteiger partial charge in [-0.1, -0.05) is 11.3 Å². The lowest BCUT2D eigenvalue weighted by Gasteiger charge is -2.37.